The number of nitrogens with zero attached hydrogens (tertiary/aromatic N) is 3. The number of rotatable bonds is 8. The molecule has 1 atom stereocenters. The van der Waals surface area contributed by atoms with Crippen LogP contribution in [0.5, 0.6) is 11.5 Å². The first-order valence-electron chi connectivity index (χ1n) is 15.3. The van der Waals surface area contributed by atoms with Crippen LogP contribution in [0.1, 0.15) is 24.8 Å². The number of para-hydroxylation sites is 1. The molecule has 0 aliphatic carbocycles. The van der Waals surface area contributed by atoms with E-state index in [2.05, 4.69) is 22.3 Å². The van der Waals surface area contributed by atoms with Gasteiger partial charge in [-0.1, -0.05) is 30.3 Å². The van der Waals surface area contributed by atoms with Crippen LogP contribution in [-0.2, 0) is 16.0 Å². The maximum Gasteiger partial charge on any atom is 0.415 e. The third-order valence-electron chi connectivity index (χ3n) is 7.87. The fourth-order valence-corrected chi connectivity index (χ4v) is 5.20. The number of piperazine rings is 1. The number of carbonyl (C=O) groups excluding carboxylic acids is 3. The van der Waals surface area contributed by atoms with Gasteiger partial charge in [0, 0.05) is 57.1 Å². The van der Waals surface area contributed by atoms with Gasteiger partial charge in [-0.2, -0.15) is 0 Å². The molecular formula is C34H41N5O7. The van der Waals surface area contributed by atoms with E-state index < -0.39 is 12.1 Å². The predicted molar refractivity (Wildman–Crippen MR) is 174 cm³/mol. The molecule has 46 heavy (non-hydrogen) atoms. The summed E-state index contributed by atoms with van der Waals surface area (Å²) in [6.45, 7) is 3.88. The Morgan fingerprint density at radius 2 is 1.50 bits per heavy atom. The van der Waals surface area contributed by atoms with Crippen molar-refractivity contribution in [3.63, 3.8) is 0 Å². The zero-order valence-electron chi connectivity index (χ0n) is 26.0. The highest BCUT2D eigenvalue weighted by Gasteiger charge is 2.28. The summed E-state index contributed by atoms with van der Waals surface area (Å²) < 4.78 is 10.3. The average molecular weight is 632 g/mol. The van der Waals surface area contributed by atoms with Gasteiger partial charge in [0.2, 0.25) is 5.91 Å². The van der Waals surface area contributed by atoms with Crippen molar-refractivity contribution in [3.05, 3.63) is 84.4 Å². The Bertz CT molecular complexity index is 1440. The first-order chi connectivity index (χ1) is 22.2. The Balaban J connectivity index is 0.000000216. The lowest BCUT2D eigenvalue weighted by atomic mass is 9.98. The van der Waals surface area contributed by atoms with Gasteiger partial charge in [-0.05, 0) is 73.4 Å². The number of nitrogens with one attached hydrogen (secondary N) is 1. The number of likely N-dealkylation sites (tertiary alicyclic amines) is 1. The number of carboxylic acids is 1. The molecule has 0 bridgehead atoms. The van der Waals surface area contributed by atoms with E-state index in [9.17, 15) is 19.2 Å². The molecule has 3 aromatic carbocycles. The topological polar surface area (TPSA) is 155 Å². The molecule has 12 heteroatoms. The summed E-state index contributed by atoms with van der Waals surface area (Å²) in [7, 11) is 1.57. The molecule has 2 saturated heterocycles. The number of anilines is 2. The summed E-state index contributed by atoms with van der Waals surface area (Å²) in [5, 5.41) is 11.6. The van der Waals surface area contributed by atoms with Crippen molar-refractivity contribution in [1.82, 2.24) is 9.80 Å². The Kier molecular flexibility index (Phi) is 12.2. The number of carboxylic acid groups (broad SMARTS) is 1. The van der Waals surface area contributed by atoms with Crippen LogP contribution in [0.25, 0.3) is 0 Å². The molecule has 5 rings (SSSR count). The number of primary amides is 1. The Hall–Kier alpha value is -5.26. The second-order valence-electron chi connectivity index (χ2n) is 11.1. The number of amides is 4. The molecule has 12 nitrogen and oxygen atoms in total. The molecule has 4 N–H and O–H groups in total. The van der Waals surface area contributed by atoms with Crippen molar-refractivity contribution in [2.45, 2.75) is 25.7 Å². The van der Waals surface area contributed by atoms with Crippen LogP contribution in [-0.4, -0.2) is 85.3 Å². The summed E-state index contributed by atoms with van der Waals surface area (Å²) in [5.41, 5.74) is 8.14. The Labute approximate surface area is 268 Å². The third kappa shape index (κ3) is 10.1. The predicted octanol–water partition coefficient (Wildman–Crippen LogP) is 4.45. The summed E-state index contributed by atoms with van der Waals surface area (Å²) >= 11 is 0. The van der Waals surface area contributed by atoms with Gasteiger partial charge in [0.25, 0.3) is 0 Å². The van der Waals surface area contributed by atoms with Crippen molar-refractivity contribution >= 4 is 35.4 Å². The van der Waals surface area contributed by atoms with Crippen LogP contribution in [0.3, 0.4) is 0 Å². The number of benzene rings is 3. The smallest absolute Gasteiger partial charge is 0.415 e. The zero-order chi connectivity index (χ0) is 32.9. The van der Waals surface area contributed by atoms with Gasteiger partial charge < -0.3 is 40.3 Å². The molecule has 0 spiro atoms. The highest BCUT2D eigenvalue weighted by molar-refractivity contribution is 5.89. The van der Waals surface area contributed by atoms with Crippen LogP contribution >= 0.6 is 0 Å². The minimum absolute atomic E-state index is 0.101. The van der Waals surface area contributed by atoms with Crippen LogP contribution < -0.4 is 25.4 Å². The first-order valence-corrected chi connectivity index (χ1v) is 15.3. The van der Waals surface area contributed by atoms with Crippen molar-refractivity contribution < 1.29 is 33.8 Å². The van der Waals surface area contributed by atoms with Gasteiger partial charge in [-0.25, -0.2) is 9.59 Å². The summed E-state index contributed by atoms with van der Waals surface area (Å²) in [5.74, 6) is -0.329. The largest absolute Gasteiger partial charge is 0.497 e. The zero-order valence-corrected chi connectivity index (χ0v) is 26.0. The third-order valence-corrected chi connectivity index (χ3v) is 7.87. The molecule has 2 heterocycles. The van der Waals surface area contributed by atoms with Gasteiger partial charge in [-0.15, -0.1) is 0 Å². The maximum absolute atomic E-state index is 12.4. The van der Waals surface area contributed by atoms with Gasteiger partial charge in [0.05, 0.1) is 13.0 Å². The fraction of sp³-hybridized carbons (Fsp3) is 0.353. The monoisotopic (exact) mass is 631 g/mol. The molecule has 244 valence electrons. The number of piperidine rings is 1. The van der Waals surface area contributed by atoms with Gasteiger partial charge >= 0.3 is 18.1 Å². The number of hydrogen-bond donors (Lipinski definition) is 3. The minimum Gasteiger partial charge on any atom is -0.497 e. The highest BCUT2D eigenvalue weighted by atomic mass is 16.6. The lowest BCUT2D eigenvalue weighted by Gasteiger charge is -2.36. The molecule has 0 aromatic heterocycles. The lowest BCUT2D eigenvalue weighted by molar-refractivity contribution is -0.137. The van der Waals surface area contributed by atoms with Crippen LogP contribution in [0.15, 0.2) is 78.9 Å². The SMILES string of the molecule is COc1ccc(OC(=O)N2CCCC(C(N)=O)C2)cc1.O=C(O)CCc1ccc(NC(=O)N2CCN(c3ccccc3)CC2)cc1. The molecule has 0 saturated carbocycles. The van der Waals surface area contributed by atoms with E-state index in [0.717, 1.165) is 37.2 Å². The van der Waals surface area contributed by atoms with Crippen molar-refractivity contribution in [2.75, 3.05) is 56.6 Å². The molecule has 0 radical (unpaired) electrons. The number of ether oxygens (including phenoxy) is 2. The normalized spacial score (nSPS) is 16.0. The van der Waals surface area contributed by atoms with E-state index in [1.54, 1.807) is 31.4 Å². The maximum atomic E-state index is 12.4. The van der Waals surface area contributed by atoms with Gasteiger partial charge in [0.1, 0.15) is 11.5 Å². The molecular weight excluding hydrogens is 590 g/mol. The van der Waals surface area contributed by atoms with Gasteiger partial charge in [-0.3, -0.25) is 9.59 Å². The average Bonchev–Trinajstić information content (AvgIpc) is 3.09. The number of methoxy groups -OCH3 is 1. The lowest BCUT2D eigenvalue weighted by Crippen LogP contribution is -2.50. The first kappa shape index (κ1) is 33.6. The number of aliphatic carboxylic acids is 1. The number of aryl methyl sites for hydroxylation is 1. The fourth-order valence-electron chi connectivity index (χ4n) is 5.20. The second kappa shape index (κ2) is 16.7. The quantitative estimate of drug-likeness (QED) is 0.330. The summed E-state index contributed by atoms with van der Waals surface area (Å²) in [4.78, 5) is 51.8. The highest BCUT2D eigenvalue weighted by Crippen LogP contribution is 2.21. The molecule has 3 aromatic rings. The van der Waals surface area contributed by atoms with Gasteiger partial charge in [0.15, 0.2) is 0 Å². The van der Waals surface area contributed by atoms with Crippen molar-refractivity contribution in [1.29, 1.82) is 0 Å². The van der Waals surface area contributed by atoms with E-state index >= 15 is 0 Å². The molecule has 1 unspecified atom stereocenters. The molecule has 4 amide bonds. The molecule has 2 aliphatic rings. The Morgan fingerprint density at radius 1 is 0.848 bits per heavy atom. The van der Waals surface area contributed by atoms with E-state index in [-0.39, 0.29) is 24.3 Å². The van der Waals surface area contributed by atoms with E-state index in [1.807, 2.05) is 47.4 Å². The number of nitrogens with two attached hydrogens (primary N) is 1. The second-order valence-corrected chi connectivity index (χ2v) is 11.1. The van der Waals surface area contributed by atoms with Crippen molar-refractivity contribution in [2.24, 2.45) is 11.7 Å². The molecule has 2 aliphatic heterocycles. The summed E-state index contributed by atoms with van der Waals surface area (Å²) in [6, 6.07) is 24.2. The van der Waals surface area contributed by atoms with Crippen LogP contribution in [0.4, 0.5) is 21.0 Å². The standard InChI is InChI=1S/C20H23N3O3.C14H18N2O4/c24-19(25)11-8-16-6-9-17(10-7-16)21-20(26)23-14-12-22(13-15-23)18-4-2-1-3-5-18;1-19-11-4-6-12(7-5-11)20-14(18)16-8-2-3-10(9-16)13(15)17/h1-7,9-10H,8,11-15H2,(H,21,26)(H,24,25);4-7,10H,2-3,8-9H2,1H3,(H2,15,17). The Morgan fingerprint density at radius 3 is 2.11 bits per heavy atom. The molecule has 2 fully saturated rings. The van der Waals surface area contributed by atoms with Crippen LogP contribution in [0, 0.1) is 5.92 Å². The van der Waals surface area contributed by atoms with Crippen molar-refractivity contribution in [3.8, 4) is 11.5 Å². The van der Waals surface area contributed by atoms with E-state index in [4.69, 9.17) is 20.3 Å². The number of hydrogen-bond acceptors (Lipinski definition) is 7. The number of urea groups is 1. The summed E-state index contributed by atoms with van der Waals surface area (Å²) in [6.07, 6.45) is 1.62. The van der Waals surface area contributed by atoms with E-state index in [1.165, 1.54) is 10.6 Å². The minimum atomic E-state index is -0.808. The van der Waals surface area contributed by atoms with E-state index in [0.29, 0.717) is 44.1 Å². The number of carbonyl (C=O) groups is 4. The van der Waals surface area contributed by atoms with Crippen LogP contribution in [0.2, 0.25) is 0 Å².